The van der Waals surface area contributed by atoms with Crippen LogP contribution < -0.4 is 0 Å². The van der Waals surface area contributed by atoms with Crippen molar-refractivity contribution in [1.82, 2.24) is 29.4 Å². The number of carbonyl (C=O) groups is 1. The Labute approximate surface area is 129 Å². The van der Waals surface area contributed by atoms with Crippen LogP contribution in [0.4, 0.5) is 0 Å². The quantitative estimate of drug-likeness (QED) is 0.841. The molecular formula is C15H22N6O. The van der Waals surface area contributed by atoms with Gasteiger partial charge in [-0.25, -0.2) is 9.67 Å². The van der Waals surface area contributed by atoms with Crippen LogP contribution in [0.1, 0.15) is 46.7 Å². The zero-order chi connectivity index (χ0) is 15.9. The van der Waals surface area contributed by atoms with E-state index in [0.717, 1.165) is 36.7 Å². The molecule has 1 saturated heterocycles. The maximum Gasteiger partial charge on any atom is 0.274 e. The van der Waals surface area contributed by atoms with Gasteiger partial charge in [0, 0.05) is 25.8 Å². The van der Waals surface area contributed by atoms with Crippen molar-refractivity contribution in [1.29, 1.82) is 0 Å². The zero-order valence-corrected chi connectivity index (χ0v) is 13.6. The summed E-state index contributed by atoms with van der Waals surface area (Å²) in [7, 11) is 1.85. The van der Waals surface area contributed by atoms with E-state index in [1.54, 1.807) is 4.68 Å². The smallest absolute Gasteiger partial charge is 0.274 e. The monoisotopic (exact) mass is 302 g/mol. The average molecular weight is 302 g/mol. The number of hydrogen-bond donors (Lipinski definition) is 0. The van der Waals surface area contributed by atoms with Gasteiger partial charge in [0.15, 0.2) is 5.69 Å². The van der Waals surface area contributed by atoms with Gasteiger partial charge >= 0.3 is 0 Å². The second-order valence-electron chi connectivity index (χ2n) is 5.99. The van der Waals surface area contributed by atoms with E-state index >= 15 is 0 Å². The number of hydrogen-bond acceptors (Lipinski definition) is 4. The highest BCUT2D eigenvalue weighted by Crippen LogP contribution is 2.23. The van der Waals surface area contributed by atoms with Gasteiger partial charge in [0.1, 0.15) is 11.6 Å². The fourth-order valence-electron chi connectivity index (χ4n) is 3.05. The van der Waals surface area contributed by atoms with Gasteiger partial charge in [-0.3, -0.25) is 9.48 Å². The first-order valence-electron chi connectivity index (χ1n) is 7.65. The van der Waals surface area contributed by atoms with Crippen LogP contribution in [-0.2, 0) is 7.05 Å². The third-order valence-electron chi connectivity index (χ3n) is 4.27. The minimum Gasteiger partial charge on any atom is -0.335 e. The molecule has 22 heavy (non-hydrogen) atoms. The largest absolute Gasteiger partial charge is 0.335 e. The lowest BCUT2D eigenvalue weighted by Gasteiger charge is -2.32. The highest BCUT2D eigenvalue weighted by Gasteiger charge is 2.28. The molecule has 3 rings (SSSR count). The molecule has 7 nitrogen and oxygen atoms in total. The summed E-state index contributed by atoms with van der Waals surface area (Å²) in [5.41, 5.74) is 1.51. The van der Waals surface area contributed by atoms with Crippen molar-refractivity contribution in [3.05, 3.63) is 29.1 Å². The Balaban J connectivity index is 1.78. The van der Waals surface area contributed by atoms with Crippen LogP contribution in [0.25, 0.3) is 0 Å². The molecule has 2 aromatic heterocycles. The number of piperidine rings is 1. The van der Waals surface area contributed by atoms with Crippen LogP contribution in [0.2, 0.25) is 0 Å². The molecule has 0 saturated carbocycles. The first-order chi connectivity index (χ1) is 10.5. The van der Waals surface area contributed by atoms with Crippen LogP contribution in [-0.4, -0.2) is 48.4 Å². The third-order valence-corrected chi connectivity index (χ3v) is 4.27. The molecule has 1 aliphatic rings. The van der Waals surface area contributed by atoms with Gasteiger partial charge in [0.25, 0.3) is 5.91 Å². The van der Waals surface area contributed by atoms with E-state index in [-0.39, 0.29) is 11.9 Å². The van der Waals surface area contributed by atoms with Crippen molar-refractivity contribution in [3.8, 4) is 0 Å². The minimum atomic E-state index is 0.00268. The number of nitrogens with zero attached hydrogens (tertiary/aromatic N) is 6. The standard InChI is InChI=1S/C15H22N6O/c1-10-8-14(18-19(10)4)15(22)20-7-5-6-13(9-20)21-12(3)16-11(2)17-21/h8,13H,5-7,9H2,1-4H3/t13-/m1/s1. The molecule has 0 spiro atoms. The number of aryl methyl sites for hydroxylation is 4. The summed E-state index contributed by atoms with van der Waals surface area (Å²) < 4.78 is 3.69. The molecule has 1 atom stereocenters. The summed E-state index contributed by atoms with van der Waals surface area (Å²) in [5, 5.41) is 8.76. The number of likely N-dealkylation sites (tertiary alicyclic amines) is 1. The molecule has 0 aliphatic carbocycles. The molecule has 1 fully saturated rings. The van der Waals surface area contributed by atoms with E-state index < -0.39 is 0 Å². The van der Waals surface area contributed by atoms with Crippen molar-refractivity contribution >= 4 is 5.91 Å². The molecule has 1 aliphatic heterocycles. The zero-order valence-electron chi connectivity index (χ0n) is 13.6. The summed E-state index contributed by atoms with van der Waals surface area (Å²) in [6.07, 6.45) is 2.00. The van der Waals surface area contributed by atoms with E-state index in [1.165, 1.54) is 0 Å². The van der Waals surface area contributed by atoms with E-state index in [4.69, 9.17) is 0 Å². The molecule has 0 bridgehead atoms. The molecule has 7 heteroatoms. The Bertz CT molecular complexity index is 681. The predicted octanol–water partition coefficient (Wildman–Crippen LogP) is 1.41. The van der Waals surface area contributed by atoms with Gasteiger partial charge in [-0.1, -0.05) is 0 Å². The van der Waals surface area contributed by atoms with Crippen LogP contribution in [0, 0.1) is 20.8 Å². The topological polar surface area (TPSA) is 68.8 Å². The highest BCUT2D eigenvalue weighted by atomic mass is 16.2. The van der Waals surface area contributed by atoms with E-state index in [2.05, 4.69) is 15.2 Å². The number of amides is 1. The number of rotatable bonds is 2. The van der Waals surface area contributed by atoms with Crippen molar-refractivity contribution in [2.75, 3.05) is 13.1 Å². The van der Waals surface area contributed by atoms with Gasteiger partial charge in [-0.05, 0) is 39.7 Å². The van der Waals surface area contributed by atoms with Crippen LogP contribution in [0.15, 0.2) is 6.07 Å². The van der Waals surface area contributed by atoms with Gasteiger partial charge in [0.2, 0.25) is 0 Å². The Morgan fingerprint density at radius 3 is 2.64 bits per heavy atom. The Hall–Kier alpha value is -2.18. The number of carbonyl (C=O) groups excluding carboxylic acids is 1. The summed E-state index contributed by atoms with van der Waals surface area (Å²) >= 11 is 0. The van der Waals surface area contributed by atoms with Crippen molar-refractivity contribution < 1.29 is 4.79 Å². The Kier molecular flexibility index (Phi) is 3.72. The molecule has 0 aromatic carbocycles. The second-order valence-corrected chi connectivity index (χ2v) is 5.99. The summed E-state index contributed by atoms with van der Waals surface area (Å²) in [5.74, 6) is 1.69. The molecule has 2 aromatic rings. The van der Waals surface area contributed by atoms with Crippen LogP contribution in [0.3, 0.4) is 0 Å². The fourth-order valence-corrected chi connectivity index (χ4v) is 3.05. The highest BCUT2D eigenvalue weighted by molar-refractivity contribution is 5.92. The van der Waals surface area contributed by atoms with Gasteiger partial charge in [0.05, 0.1) is 6.04 Å². The van der Waals surface area contributed by atoms with Gasteiger partial charge < -0.3 is 4.90 Å². The van der Waals surface area contributed by atoms with E-state index in [9.17, 15) is 4.79 Å². The summed E-state index contributed by atoms with van der Waals surface area (Å²) in [6, 6.07) is 2.04. The lowest BCUT2D eigenvalue weighted by molar-refractivity contribution is 0.0664. The fraction of sp³-hybridized carbons (Fsp3) is 0.600. The minimum absolute atomic E-state index is 0.00268. The molecule has 3 heterocycles. The lowest BCUT2D eigenvalue weighted by Crippen LogP contribution is -2.41. The van der Waals surface area contributed by atoms with Crippen LogP contribution in [0.5, 0.6) is 0 Å². The SMILES string of the molecule is Cc1nc(C)n([C@@H]2CCCN(C(=O)c3cc(C)n(C)n3)C2)n1. The Morgan fingerprint density at radius 1 is 1.27 bits per heavy atom. The van der Waals surface area contributed by atoms with Crippen LogP contribution >= 0.6 is 0 Å². The third kappa shape index (κ3) is 2.63. The molecule has 0 unspecified atom stereocenters. The van der Waals surface area contributed by atoms with E-state index in [0.29, 0.717) is 12.2 Å². The molecule has 0 radical (unpaired) electrons. The maximum atomic E-state index is 12.6. The molecule has 0 N–H and O–H groups in total. The molecular weight excluding hydrogens is 280 g/mol. The van der Waals surface area contributed by atoms with E-state index in [1.807, 2.05) is 43.5 Å². The Morgan fingerprint density at radius 2 is 2.05 bits per heavy atom. The summed E-state index contributed by atoms with van der Waals surface area (Å²) in [4.78, 5) is 18.9. The second kappa shape index (κ2) is 5.55. The summed E-state index contributed by atoms with van der Waals surface area (Å²) in [6.45, 7) is 7.24. The lowest BCUT2D eigenvalue weighted by atomic mass is 10.1. The molecule has 1 amide bonds. The first-order valence-corrected chi connectivity index (χ1v) is 7.65. The number of aromatic nitrogens is 5. The first kappa shape index (κ1) is 14.7. The van der Waals surface area contributed by atoms with Gasteiger partial charge in [-0.2, -0.15) is 10.2 Å². The average Bonchev–Trinajstić information content (AvgIpc) is 3.00. The molecule has 118 valence electrons. The van der Waals surface area contributed by atoms with Crippen molar-refractivity contribution in [3.63, 3.8) is 0 Å². The normalized spacial score (nSPS) is 18.7. The van der Waals surface area contributed by atoms with Crippen molar-refractivity contribution in [2.24, 2.45) is 7.05 Å². The maximum absolute atomic E-state index is 12.6. The van der Waals surface area contributed by atoms with Crippen molar-refractivity contribution in [2.45, 2.75) is 39.7 Å². The predicted molar refractivity (Wildman–Crippen MR) is 81.6 cm³/mol. The van der Waals surface area contributed by atoms with Gasteiger partial charge in [-0.15, -0.1) is 0 Å².